The summed E-state index contributed by atoms with van der Waals surface area (Å²) in [5.74, 6) is -0.179. The van der Waals surface area contributed by atoms with E-state index in [1.807, 2.05) is 12.1 Å². The first-order valence-corrected chi connectivity index (χ1v) is 4.96. The molecular formula is C12H14FN. The fraction of sp³-hybridized carbons (Fsp3) is 0.333. The first-order valence-electron chi connectivity index (χ1n) is 4.96. The average Bonchev–Trinajstić information content (AvgIpc) is 2.21. The van der Waals surface area contributed by atoms with Crippen molar-refractivity contribution >= 4 is 5.57 Å². The van der Waals surface area contributed by atoms with Crippen molar-refractivity contribution in [2.24, 2.45) is 5.73 Å². The van der Waals surface area contributed by atoms with E-state index in [-0.39, 0.29) is 5.82 Å². The van der Waals surface area contributed by atoms with E-state index in [4.69, 9.17) is 5.73 Å². The summed E-state index contributed by atoms with van der Waals surface area (Å²) in [6.07, 6.45) is 5.14. The Hall–Kier alpha value is -1.15. The van der Waals surface area contributed by atoms with Crippen LogP contribution in [0.4, 0.5) is 4.39 Å². The summed E-state index contributed by atoms with van der Waals surface area (Å²) in [5, 5.41) is 0. The van der Waals surface area contributed by atoms with Gasteiger partial charge in [-0.05, 0) is 42.5 Å². The minimum absolute atomic E-state index is 0.179. The summed E-state index contributed by atoms with van der Waals surface area (Å²) in [6, 6.07) is 6.98. The summed E-state index contributed by atoms with van der Waals surface area (Å²) < 4.78 is 12.7. The molecule has 0 saturated carbocycles. The van der Waals surface area contributed by atoms with Gasteiger partial charge in [0, 0.05) is 6.04 Å². The molecule has 1 nitrogen and oxygen atoms in total. The van der Waals surface area contributed by atoms with Gasteiger partial charge in [-0.25, -0.2) is 4.39 Å². The van der Waals surface area contributed by atoms with Gasteiger partial charge >= 0.3 is 0 Å². The van der Waals surface area contributed by atoms with E-state index < -0.39 is 0 Å². The number of nitrogens with two attached hydrogens (primary N) is 1. The molecule has 1 atom stereocenters. The Morgan fingerprint density at radius 1 is 1.21 bits per heavy atom. The van der Waals surface area contributed by atoms with E-state index >= 15 is 0 Å². The summed E-state index contributed by atoms with van der Waals surface area (Å²) in [6.45, 7) is 0. The SMILES string of the molecule is N[C@@H]1CC=C(c2ccc(F)cc2)CC1. The fourth-order valence-corrected chi connectivity index (χ4v) is 1.78. The summed E-state index contributed by atoms with van der Waals surface area (Å²) in [4.78, 5) is 0. The molecule has 14 heavy (non-hydrogen) atoms. The highest BCUT2D eigenvalue weighted by Crippen LogP contribution is 2.26. The highest BCUT2D eigenvalue weighted by atomic mass is 19.1. The molecule has 0 radical (unpaired) electrons. The average molecular weight is 191 g/mol. The first kappa shape index (κ1) is 9.41. The lowest BCUT2D eigenvalue weighted by atomic mass is 9.91. The van der Waals surface area contributed by atoms with E-state index in [2.05, 4.69) is 6.08 Å². The maximum atomic E-state index is 12.7. The minimum atomic E-state index is -0.179. The van der Waals surface area contributed by atoms with Gasteiger partial charge in [-0.15, -0.1) is 0 Å². The second-order valence-electron chi connectivity index (χ2n) is 3.77. The minimum Gasteiger partial charge on any atom is -0.327 e. The molecule has 1 aromatic rings. The van der Waals surface area contributed by atoms with E-state index in [0.29, 0.717) is 6.04 Å². The van der Waals surface area contributed by atoms with Gasteiger partial charge in [0.05, 0.1) is 0 Å². The Balaban J connectivity index is 2.19. The molecule has 0 heterocycles. The van der Waals surface area contributed by atoms with Crippen LogP contribution in [-0.4, -0.2) is 6.04 Å². The van der Waals surface area contributed by atoms with Crippen LogP contribution in [0.5, 0.6) is 0 Å². The molecule has 2 N–H and O–H groups in total. The maximum Gasteiger partial charge on any atom is 0.123 e. The molecule has 1 aromatic carbocycles. The van der Waals surface area contributed by atoms with Crippen molar-refractivity contribution in [3.8, 4) is 0 Å². The predicted octanol–water partition coefficient (Wildman–Crippen LogP) is 2.72. The molecule has 0 aliphatic heterocycles. The van der Waals surface area contributed by atoms with Crippen LogP contribution in [0.3, 0.4) is 0 Å². The summed E-state index contributed by atoms with van der Waals surface area (Å²) >= 11 is 0. The number of halogens is 1. The van der Waals surface area contributed by atoms with Crippen molar-refractivity contribution in [2.45, 2.75) is 25.3 Å². The van der Waals surface area contributed by atoms with E-state index in [0.717, 1.165) is 24.8 Å². The molecule has 0 spiro atoms. The highest BCUT2D eigenvalue weighted by molar-refractivity contribution is 5.66. The van der Waals surface area contributed by atoms with Crippen LogP contribution in [0.15, 0.2) is 30.3 Å². The Bertz CT molecular complexity index is 340. The lowest BCUT2D eigenvalue weighted by molar-refractivity contribution is 0.613. The number of rotatable bonds is 1. The first-order chi connectivity index (χ1) is 6.75. The van der Waals surface area contributed by atoms with E-state index in [1.54, 1.807) is 0 Å². The lowest BCUT2D eigenvalue weighted by Crippen LogP contribution is -2.21. The second-order valence-corrected chi connectivity index (χ2v) is 3.77. The van der Waals surface area contributed by atoms with Gasteiger partial charge in [-0.3, -0.25) is 0 Å². The third-order valence-corrected chi connectivity index (χ3v) is 2.67. The van der Waals surface area contributed by atoms with Gasteiger partial charge in [0.25, 0.3) is 0 Å². The van der Waals surface area contributed by atoms with Crippen molar-refractivity contribution in [1.29, 1.82) is 0 Å². The van der Waals surface area contributed by atoms with Crippen molar-refractivity contribution in [1.82, 2.24) is 0 Å². The zero-order chi connectivity index (χ0) is 9.97. The van der Waals surface area contributed by atoms with Crippen LogP contribution in [0.1, 0.15) is 24.8 Å². The molecule has 2 heteroatoms. The van der Waals surface area contributed by atoms with Crippen LogP contribution in [0.25, 0.3) is 5.57 Å². The van der Waals surface area contributed by atoms with Gasteiger partial charge in [0.2, 0.25) is 0 Å². The zero-order valence-corrected chi connectivity index (χ0v) is 8.04. The Morgan fingerprint density at radius 3 is 2.50 bits per heavy atom. The Kier molecular flexibility index (Phi) is 2.64. The standard InChI is InChI=1S/C12H14FN/c13-11-5-1-9(2-6-11)10-3-7-12(14)8-4-10/h1-3,5-6,12H,4,7-8,14H2/t12-/m1/s1. The molecule has 1 aliphatic rings. The lowest BCUT2D eigenvalue weighted by Gasteiger charge is -2.18. The van der Waals surface area contributed by atoms with E-state index in [1.165, 1.54) is 17.7 Å². The smallest absolute Gasteiger partial charge is 0.123 e. The maximum absolute atomic E-state index is 12.7. The largest absolute Gasteiger partial charge is 0.327 e. The van der Waals surface area contributed by atoms with E-state index in [9.17, 15) is 4.39 Å². The number of hydrogen-bond acceptors (Lipinski definition) is 1. The monoisotopic (exact) mass is 191 g/mol. The van der Waals surface area contributed by atoms with Crippen molar-refractivity contribution < 1.29 is 4.39 Å². The molecule has 0 bridgehead atoms. The van der Waals surface area contributed by atoms with Crippen LogP contribution in [0, 0.1) is 5.82 Å². The van der Waals surface area contributed by atoms with Crippen LogP contribution in [0.2, 0.25) is 0 Å². The molecule has 1 aliphatic carbocycles. The Morgan fingerprint density at radius 2 is 1.93 bits per heavy atom. The molecule has 0 fully saturated rings. The van der Waals surface area contributed by atoms with Crippen molar-refractivity contribution in [2.75, 3.05) is 0 Å². The van der Waals surface area contributed by atoms with Gasteiger partial charge in [-0.1, -0.05) is 18.2 Å². The summed E-state index contributed by atoms with van der Waals surface area (Å²) in [7, 11) is 0. The normalized spacial score (nSPS) is 21.9. The van der Waals surface area contributed by atoms with Crippen LogP contribution < -0.4 is 5.73 Å². The number of benzene rings is 1. The zero-order valence-electron chi connectivity index (χ0n) is 8.04. The molecule has 0 unspecified atom stereocenters. The topological polar surface area (TPSA) is 26.0 Å². The fourth-order valence-electron chi connectivity index (χ4n) is 1.78. The number of hydrogen-bond donors (Lipinski definition) is 1. The van der Waals surface area contributed by atoms with Crippen molar-refractivity contribution in [3.05, 3.63) is 41.7 Å². The molecule has 0 saturated heterocycles. The summed E-state index contributed by atoms with van der Waals surface area (Å²) in [5.41, 5.74) is 8.22. The van der Waals surface area contributed by atoms with Gasteiger partial charge in [0.1, 0.15) is 5.82 Å². The molecule has 0 aromatic heterocycles. The second kappa shape index (κ2) is 3.93. The third-order valence-electron chi connectivity index (χ3n) is 2.67. The third kappa shape index (κ3) is 2.02. The quantitative estimate of drug-likeness (QED) is 0.725. The molecule has 0 amide bonds. The molecule has 2 rings (SSSR count). The Labute approximate surface area is 83.4 Å². The van der Waals surface area contributed by atoms with Crippen molar-refractivity contribution in [3.63, 3.8) is 0 Å². The number of allylic oxidation sites excluding steroid dienone is 1. The highest BCUT2D eigenvalue weighted by Gasteiger charge is 2.11. The van der Waals surface area contributed by atoms with Gasteiger partial charge in [-0.2, -0.15) is 0 Å². The molecular weight excluding hydrogens is 177 g/mol. The van der Waals surface area contributed by atoms with Gasteiger partial charge in [0.15, 0.2) is 0 Å². The predicted molar refractivity (Wildman–Crippen MR) is 56.2 cm³/mol. The van der Waals surface area contributed by atoms with Crippen LogP contribution in [-0.2, 0) is 0 Å². The van der Waals surface area contributed by atoms with Gasteiger partial charge < -0.3 is 5.73 Å². The van der Waals surface area contributed by atoms with Crippen LogP contribution >= 0.6 is 0 Å². The molecule has 74 valence electrons.